The van der Waals surface area contributed by atoms with E-state index in [9.17, 15) is 4.79 Å². The number of carbonyl (C=O) groups is 1. The summed E-state index contributed by atoms with van der Waals surface area (Å²) in [5, 5.41) is 2.52. The number of nitrogens with zero attached hydrogens (tertiary/aromatic N) is 2. The van der Waals surface area contributed by atoms with Crippen molar-refractivity contribution in [2.24, 2.45) is 0 Å². The number of carbonyl (C=O) groups excluding carboxylic acids is 1. The van der Waals surface area contributed by atoms with Crippen LogP contribution in [0.1, 0.15) is 5.69 Å². The van der Waals surface area contributed by atoms with Crippen LogP contribution in [0.25, 0.3) is 0 Å². The molecule has 0 unspecified atom stereocenters. The molecule has 0 fully saturated rings. The molecule has 0 aromatic carbocycles. The van der Waals surface area contributed by atoms with E-state index in [1.165, 1.54) is 0 Å². The van der Waals surface area contributed by atoms with Crippen LogP contribution in [0.3, 0.4) is 0 Å². The second kappa shape index (κ2) is 3.93. The molecule has 0 bridgehead atoms. The zero-order valence-electron chi connectivity index (χ0n) is 8.00. The minimum absolute atomic E-state index is 0.0710. The van der Waals surface area contributed by atoms with E-state index in [1.807, 2.05) is 6.92 Å². The minimum Gasteiger partial charge on any atom is -0.432 e. The summed E-state index contributed by atoms with van der Waals surface area (Å²) in [6.07, 6.45) is 1.55. The molecule has 5 heteroatoms. The molecule has 0 radical (unpaired) electrons. The van der Waals surface area contributed by atoms with E-state index in [4.69, 9.17) is 4.42 Å². The predicted molar refractivity (Wildman–Crippen MR) is 48.6 cm³/mol. The molecule has 0 spiro atoms. The maximum absolute atomic E-state index is 11.0. The molecule has 0 saturated heterocycles. The number of anilines is 1. The topological polar surface area (TPSA) is 58.4 Å². The molecule has 0 saturated carbocycles. The average molecular weight is 183 g/mol. The summed E-state index contributed by atoms with van der Waals surface area (Å²) >= 11 is 0. The summed E-state index contributed by atoms with van der Waals surface area (Å²) in [5.41, 5.74) is 0.804. The molecule has 1 amide bonds. The van der Waals surface area contributed by atoms with Crippen LogP contribution in [-0.4, -0.2) is 31.5 Å². The summed E-state index contributed by atoms with van der Waals surface area (Å²) in [5.74, 6) is -0.0710. The van der Waals surface area contributed by atoms with E-state index in [0.717, 1.165) is 5.69 Å². The first-order chi connectivity index (χ1) is 6.13. The molecule has 0 aliphatic rings. The fourth-order valence-corrected chi connectivity index (χ4v) is 0.879. The standard InChI is InChI=1S/C8H13N3O2/c1-6-5-13-8(10-6)11(3)4-7(12)9-2/h5H,4H2,1-3H3,(H,9,12). The molecular weight excluding hydrogens is 170 g/mol. The maximum Gasteiger partial charge on any atom is 0.297 e. The van der Waals surface area contributed by atoms with Crippen molar-refractivity contribution in [3.8, 4) is 0 Å². The SMILES string of the molecule is CNC(=O)CN(C)c1nc(C)co1. The lowest BCUT2D eigenvalue weighted by Gasteiger charge is -2.12. The smallest absolute Gasteiger partial charge is 0.297 e. The van der Waals surface area contributed by atoms with Crippen LogP contribution in [-0.2, 0) is 4.79 Å². The number of aromatic nitrogens is 1. The van der Waals surface area contributed by atoms with E-state index in [0.29, 0.717) is 6.01 Å². The summed E-state index contributed by atoms with van der Waals surface area (Å²) in [4.78, 5) is 16.7. The Bertz CT molecular complexity index is 295. The number of aryl methyl sites for hydroxylation is 1. The Hall–Kier alpha value is -1.52. The van der Waals surface area contributed by atoms with E-state index < -0.39 is 0 Å². The van der Waals surface area contributed by atoms with Crippen molar-refractivity contribution in [1.29, 1.82) is 0 Å². The van der Waals surface area contributed by atoms with Crippen LogP contribution in [0.15, 0.2) is 10.7 Å². The maximum atomic E-state index is 11.0. The number of amides is 1. The lowest BCUT2D eigenvalue weighted by Crippen LogP contribution is -2.33. The largest absolute Gasteiger partial charge is 0.432 e. The van der Waals surface area contributed by atoms with E-state index in [-0.39, 0.29) is 12.5 Å². The molecule has 1 aromatic rings. The van der Waals surface area contributed by atoms with Crippen molar-refractivity contribution in [3.63, 3.8) is 0 Å². The number of rotatable bonds is 3. The summed E-state index contributed by atoms with van der Waals surface area (Å²) in [7, 11) is 3.34. The van der Waals surface area contributed by atoms with Crippen molar-refractivity contribution in [2.45, 2.75) is 6.92 Å². The first-order valence-electron chi connectivity index (χ1n) is 3.97. The van der Waals surface area contributed by atoms with Gasteiger partial charge in [0.15, 0.2) is 0 Å². The fraction of sp³-hybridized carbons (Fsp3) is 0.500. The number of hydrogen-bond acceptors (Lipinski definition) is 4. The van der Waals surface area contributed by atoms with Gasteiger partial charge in [-0.05, 0) is 6.92 Å². The second-order valence-corrected chi connectivity index (χ2v) is 2.80. The predicted octanol–water partition coefficient (Wildman–Crippen LogP) is 0.165. The molecule has 0 aliphatic heterocycles. The molecule has 1 rings (SSSR count). The zero-order chi connectivity index (χ0) is 9.84. The number of nitrogens with one attached hydrogen (secondary N) is 1. The monoisotopic (exact) mass is 183 g/mol. The highest BCUT2D eigenvalue weighted by atomic mass is 16.4. The molecule has 0 atom stereocenters. The van der Waals surface area contributed by atoms with Gasteiger partial charge in [-0.3, -0.25) is 4.79 Å². The van der Waals surface area contributed by atoms with Gasteiger partial charge < -0.3 is 14.6 Å². The third kappa shape index (κ3) is 2.47. The van der Waals surface area contributed by atoms with Crippen molar-refractivity contribution in [2.75, 3.05) is 25.5 Å². The normalized spacial score (nSPS) is 9.77. The van der Waals surface area contributed by atoms with E-state index in [1.54, 1.807) is 25.3 Å². The number of hydrogen-bond donors (Lipinski definition) is 1. The van der Waals surface area contributed by atoms with Crippen LogP contribution in [0.2, 0.25) is 0 Å². The lowest BCUT2D eigenvalue weighted by molar-refractivity contribution is -0.119. The molecule has 13 heavy (non-hydrogen) atoms. The first kappa shape index (κ1) is 9.57. The lowest BCUT2D eigenvalue weighted by atomic mass is 10.5. The van der Waals surface area contributed by atoms with Crippen molar-refractivity contribution in [3.05, 3.63) is 12.0 Å². The molecule has 72 valence electrons. The van der Waals surface area contributed by atoms with Crippen molar-refractivity contribution >= 4 is 11.9 Å². The quantitative estimate of drug-likeness (QED) is 0.725. The van der Waals surface area contributed by atoms with E-state index in [2.05, 4.69) is 10.3 Å². The van der Waals surface area contributed by atoms with Crippen LogP contribution in [0.5, 0.6) is 0 Å². The first-order valence-corrected chi connectivity index (χ1v) is 3.97. The van der Waals surface area contributed by atoms with Gasteiger partial charge in [-0.15, -0.1) is 0 Å². The van der Waals surface area contributed by atoms with Gasteiger partial charge in [0.1, 0.15) is 12.8 Å². The Labute approximate surface area is 76.7 Å². The highest BCUT2D eigenvalue weighted by Gasteiger charge is 2.09. The third-order valence-corrected chi connectivity index (χ3v) is 1.59. The summed E-state index contributed by atoms with van der Waals surface area (Å²) < 4.78 is 5.11. The molecule has 5 nitrogen and oxygen atoms in total. The Kier molecular flexibility index (Phi) is 2.89. The Balaban J connectivity index is 2.58. The van der Waals surface area contributed by atoms with Gasteiger partial charge in [-0.2, -0.15) is 4.98 Å². The molecular formula is C8H13N3O2. The van der Waals surface area contributed by atoms with Gasteiger partial charge in [0, 0.05) is 14.1 Å². The Morgan fingerprint density at radius 2 is 2.46 bits per heavy atom. The second-order valence-electron chi connectivity index (χ2n) is 2.80. The fourth-order valence-electron chi connectivity index (χ4n) is 0.879. The highest BCUT2D eigenvalue weighted by molar-refractivity contribution is 5.80. The van der Waals surface area contributed by atoms with Gasteiger partial charge in [0.25, 0.3) is 6.01 Å². The average Bonchev–Trinajstić information content (AvgIpc) is 2.51. The van der Waals surface area contributed by atoms with Gasteiger partial charge in [0.2, 0.25) is 5.91 Å². The van der Waals surface area contributed by atoms with Crippen LogP contribution in [0, 0.1) is 6.92 Å². The summed E-state index contributed by atoms with van der Waals surface area (Å²) in [6, 6.07) is 0.459. The van der Waals surface area contributed by atoms with Crippen molar-refractivity contribution < 1.29 is 9.21 Å². The zero-order valence-corrected chi connectivity index (χ0v) is 8.00. The van der Waals surface area contributed by atoms with Gasteiger partial charge in [-0.1, -0.05) is 0 Å². The van der Waals surface area contributed by atoms with E-state index >= 15 is 0 Å². The van der Waals surface area contributed by atoms with Crippen LogP contribution >= 0.6 is 0 Å². The molecule has 1 heterocycles. The Morgan fingerprint density at radius 3 is 2.92 bits per heavy atom. The van der Waals surface area contributed by atoms with Gasteiger partial charge >= 0.3 is 0 Å². The van der Waals surface area contributed by atoms with Crippen molar-refractivity contribution in [1.82, 2.24) is 10.3 Å². The van der Waals surface area contributed by atoms with Gasteiger partial charge in [0.05, 0.1) is 5.69 Å². The van der Waals surface area contributed by atoms with Crippen LogP contribution in [0.4, 0.5) is 6.01 Å². The minimum atomic E-state index is -0.0710. The molecule has 0 aliphatic carbocycles. The third-order valence-electron chi connectivity index (χ3n) is 1.59. The molecule has 1 aromatic heterocycles. The van der Waals surface area contributed by atoms with Gasteiger partial charge in [-0.25, -0.2) is 0 Å². The number of oxazole rings is 1. The summed E-state index contributed by atoms with van der Waals surface area (Å²) in [6.45, 7) is 2.08. The number of likely N-dealkylation sites (N-methyl/N-ethyl adjacent to an activating group) is 2. The highest BCUT2D eigenvalue weighted by Crippen LogP contribution is 2.10. The molecule has 1 N–H and O–H groups in total. The Morgan fingerprint density at radius 1 is 1.77 bits per heavy atom. The van der Waals surface area contributed by atoms with Crippen LogP contribution < -0.4 is 10.2 Å².